The van der Waals surface area contributed by atoms with Crippen molar-refractivity contribution in [3.63, 3.8) is 0 Å². The highest BCUT2D eigenvalue weighted by molar-refractivity contribution is 4.67. The molecule has 0 aromatic rings. The lowest BCUT2D eigenvalue weighted by Crippen LogP contribution is -2.35. The molecule has 0 spiro atoms. The smallest absolute Gasteiger partial charge is 0.0107 e. The van der Waals surface area contributed by atoms with Gasteiger partial charge in [-0.25, -0.2) is 0 Å². The summed E-state index contributed by atoms with van der Waals surface area (Å²) in [7, 11) is 0. The molecule has 1 aliphatic rings. The third-order valence-corrected chi connectivity index (χ3v) is 3.23. The molecule has 1 aliphatic heterocycles. The summed E-state index contributed by atoms with van der Waals surface area (Å²) < 4.78 is 0. The Kier molecular flexibility index (Phi) is 6.98. The minimum Gasteiger partial charge on any atom is -0.315 e. The van der Waals surface area contributed by atoms with Gasteiger partial charge in [0.1, 0.15) is 0 Å². The first-order valence-electron chi connectivity index (χ1n) is 6.46. The van der Waals surface area contributed by atoms with E-state index in [2.05, 4.69) is 29.4 Å². The largest absolute Gasteiger partial charge is 0.315 e. The quantitative estimate of drug-likeness (QED) is 0.643. The van der Waals surface area contributed by atoms with Gasteiger partial charge in [-0.3, -0.25) is 0 Å². The molecule has 0 aromatic heterocycles. The molecule has 0 aromatic carbocycles. The van der Waals surface area contributed by atoms with Crippen LogP contribution in [0.5, 0.6) is 0 Å². The number of nitrogens with zero attached hydrogens (tertiary/aromatic N) is 1. The first-order chi connectivity index (χ1) is 7.33. The molecule has 15 heavy (non-hydrogen) atoms. The maximum atomic E-state index is 3.54. The average Bonchev–Trinajstić information content (AvgIpc) is 2.52. The number of hydrogen-bond donors (Lipinski definition) is 2. The molecular weight excluding hydrogens is 186 g/mol. The lowest BCUT2D eigenvalue weighted by atomic mass is 10.1. The van der Waals surface area contributed by atoms with E-state index < -0.39 is 0 Å². The van der Waals surface area contributed by atoms with Gasteiger partial charge in [0.15, 0.2) is 0 Å². The zero-order valence-corrected chi connectivity index (χ0v) is 10.4. The number of nitrogens with one attached hydrogen (secondary N) is 2. The van der Waals surface area contributed by atoms with Crippen molar-refractivity contribution < 1.29 is 0 Å². The summed E-state index contributed by atoms with van der Waals surface area (Å²) in [6.07, 6.45) is 2.58. The Morgan fingerprint density at radius 1 is 1.33 bits per heavy atom. The van der Waals surface area contributed by atoms with E-state index in [4.69, 9.17) is 0 Å². The van der Waals surface area contributed by atoms with E-state index in [0.717, 1.165) is 19.0 Å². The lowest BCUT2D eigenvalue weighted by Gasteiger charge is -2.20. The van der Waals surface area contributed by atoms with E-state index in [1.165, 1.54) is 45.6 Å². The Hall–Kier alpha value is -0.120. The molecule has 1 heterocycles. The van der Waals surface area contributed by atoms with Crippen LogP contribution < -0.4 is 10.6 Å². The minimum atomic E-state index is 0.816. The summed E-state index contributed by atoms with van der Waals surface area (Å²) in [4.78, 5) is 2.56. The van der Waals surface area contributed by atoms with Crippen LogP contribution in [0.25, 0.3) is 0 Å². The fraction of sp³-hybridized carbons (Fsp3) is 1.00. The Bertz CT molecular complexity index is 142. The van der Waals surface area contributed by atoms with Crippen LogP contribution in [0, 0.1) is 5.92 Å². The molecule has 1 saturated heterocycles. The predicted molar refractivity (Wildman–Crippen MR) is 66.3 cm³/mol. The summed E-state index contributed by atoms with van der Waals surface area (Å²) in [6.45, 7) is 12.9. The average molecular weight is 213 g/mol. The van der Waals surface area contributed by atoms with Gasteiger partial charge < -0.3 is 15.5 Å². The fourth-order valence-electron chi connectivity index (χ4n) is 1.86. The van der Waals surface area contributed by atoms with Crippen molar-refractivity contribution in [2.45, 2.75) is 26.7 Å². The standard InChI is InChI=1S/C12H27N3/c1-3-12(2)11-14-7-10-15-8-4-5-13-6-9-15/h12-14H,3-11H2,1-2H3. The lowest BCUT2D eigenvalue weighted by molar-refractivity contribution is 0.289. The van der Waals surface area contributed by atoms with Crippen LogP contribution in [0.1, 0.15) is 26.7 Å². The van der Waals surface area contributed by atoms with Gasteiger partial charge in [0.2, 0.25) is 0 Å². The first kappa shape index (κ1) is 12.9. The zero-order valence-electron chi connectivity index (χ0n) is 10.4. The van der Waals surface area contributed by atoms with Gasteiger partial charge in [-0.15, -0.1) is 0 Å². The monoisotopic (exact) mass is 213 g/mol. The molecule has 0 radical (unpaired) electrons. The summed E-state index contributed by atoms with van der Waals surface area (Å²) in [5.74, 6) is 0.816. The van der Waals surface area contributed by atoms with Gasteiger partial charge in [0, 0.05) is 26.2 Å². The molecule has 0 saturated carbocycles. The Morgan fingerprint density at radius 2 is 2.20 bits per heavy atom. The van der Waals surface area contributed by atoms with Gasteiger partial charge in [-0.05, 0) is 32.0 Å². The van der Waals surface area contributed by atoms with E-state index in [1.807, 2.05) is 0 Å². The van der Waals surface area contributed by atoms with Crippen molar-refractivity contribution in [3.05, 3.63) is 0 Å². The second-order valence-corrected chi connectivity index (χ2v) is 4.66. The first-order valence-corrected chi connectivity index (χ1v) is 6.46. The molecule has 90 valence electrons. The van der Waals surface area contributed by atoms with Gasteiger partial charge in [-0.1, -0.05) is 20.3 Å². The molecule has 1 unspecified atom stereocenters. The van der Waals surface area contributed by atoms with Gasteiger partial charge in [0.25, 0.3) is 0 Å². The van der Waals surface area contributed by atoms with E-state index >= 15 is 0 Å². The second-order valence-electron chi connectivity index (χ2n) is 4.66. The molecule has 1 rings (SSSR count). The highest BCUT2D eigenvalue weighted by atomic mass is 15.2. The van der Waals surface area contributed by atoms with Crippen molar-refractivity contribution in [2.24, 2.45) is 5.92 Å². The molecule has 0 amide bonds. The summed E-state index contributed by atoms with van der Waals surface area (Å²) >= 11 is 0. The summed E-state index contributed by atoms with van der Waals surface area (Å²) in [5.41, 5.74) is 0. The van der Waals surface area contributed by atoms with Crippen molar-refractivity contribution >= 4 is 0 Å². The van der Waals surface area contributed by atoms with E-state index in [0.29, 0.717) is 0 Å². The fourth-order valence-corrected chi connectivity index (χ4v) is 1.86. The van der Waals surface area contributed by atoms with Crippen molar-refractivity contribution in [1.29, 1.82) is 0 Å². The number of hydrogen-bond acceptors (Lipinski definition) is 3. The van der Waals surface area contributed by atoms with Crippen LogP contribution in [0.2, 0.25) is 0 Å². The maximum absolute atomic E-state index is 3.54. The van der Waals surface area contributed by atoms with Crippen LogP contribution in [-0.4, -0.2) is 50.7 Å². The topological polar surface area (TPSA) is 27.3 Å². The molecule has 2 N–H and O–H groups in total. The molecule has 0 bridgehead atoms. The van der Waals surface area contributed by atoms with Gasteiger partial charge >= 0.3 is 0 Å². The van der Waals surface area contributed by atoms with Crippen LogP contribution in [0.3, 0.4) is 0 Å². The molecule has 3 nitrogen and oxygen atoms in total. The van der Waals surface area contributed by atoms with Crippen LogP contribution in [0.15, 0.2) is 0 Å². The van der Waals surface area contributed by atoms with Crippen LogP contribution in [0.4, 0.5) is 0 Å². The third-order valence-electron chi connectivity index (χ3n) is 3.23. The molecule has 1 fully saturated rings. The molecule has 0 aliphatic carbocycles. The van der Waals surface area contributed by atoms with Crippen molar-refractivity contribution in [3.8, 4) is 0 Å². The molecule has 3 heteroatoms. The summed E-state index contributed by atoms with van der Waals surface area (Å²) in [5, 5.41) is 6.97. The molecule has 1 atom stereocenters. The SMILES string of the molecule is CCC(C)CNCCN1CCCNCC1. The normalized spacial score (nSPS) is 21.2. The van der Waals surface area contributed by atoms with E-state index in [-0.39, 0.29) is 0 Å². The van der Waals surface area contributed by atoms with E-state index in [1.54, 1.807) is 0 Å². The van der Waals surface area contributed by atoms with E-state index in [9.17, 15) is 0 Å². The van der Waals surface area contributed by atoms with Crippen molar-refractivity contribution in [1.82, 2.24) is 15.5 Å². The Balaban J connectivity index is 1.98. The van der Waals surface area contributed by atoms with Gasteiger partial charge in [0.05, 0.1) is 0 Å². The Morgan fingerprint density at radius 3 is 3.00 bits per heavy atom. The van der Waals surface area contributed by atoms with Gasteiger partial charge in [-0.2, -0.15) is 0 Å². The Labute approximate surface area is 94.6 Å². The molecular formula is C12H27N3. The van der Waals surface area contributed by atoms with Crippen LogP contribution >= 0.6 is 0 Å². The van der Waals surface area contributed by atoms with Crippen LogP contribution in [-0.2, 0) is 0 Å². The maximum Gasteiger partial charge on any atom is 0.0107 e. The highest BCUT2D eigenvalue weighted by Crippen LogP contribution is 1.97. The highest BCUT2D eigenvalue weighted by Gasteiger charge is 2.07. The van der Waals surface area contributed by atoms with Crippen molar-refractivity contribution in [2.75, 3.05) is 45.8 Å². The third kappa shape index (κ3) is 6.13. The second kappa shape index (κ2) is 8.08. The minimum absolute atomic E-state index is 0.816. The number of rotatable bonds is 6. The predicted octanol–water partition coefficient (Wildman–Crippen LogP) is 0.917. The zero-order chi connectivity index (χ0) is 10.9. The summed E-state index contributed by atoms with van der Waals surface area (Å²) in [6, 6.07) is 0.